The minimum atomic E-state index is -0.395. The fourth-order valence-electron chi connectivity index (χ4n) is 1.87. The summed E-state index contributed by atoms with van der Waals surface area (Å²) in [6.45, 7) is -0.0118. The molecule has 0 aliphatic carbocycles. The molecule has 2 amide bonds. The Morgan fingerprint density at radius 3 is 2.46 bits per heavy atom. The lowest BCUT2D eigenvalue weighted by atomic mass is 10.3. The highest BCUT2D eigenvalue weighted by Crippen LogP contribution is 2.25. The SMILES string of the molecule is COc1ccccc1OCC(=O)NCC(=O)NCc1ccccn1. The van der Waals surface area contributed by atoms with Crippen LogP contribution in [-0.4, -0.2) is 37.1 Å². The Hall–Kier alpha value is -3.09. The second-order valence-corrected chi connectivity index (χ2v) is 4.81. The normalized spacial score (nSPS) is 9.88. The number of hydrogen-bond donors (Lipinski definition) is 2. The molecule has 7 heteroatoms. The van der Waals surface area contributed by atoms with E-state index in [4.69, 9.17) is 9.47 Å². The van der Waals surface area contributed by atoms with Crippen molar-refractivity contribution in [2.75, 3.05) is 20.3 Å². The Labute approximate surface area is 140 Å². The van der Waals surface area contributed by atoms with Gasteiger partial charge in [0.25, 0.3) is 5.91 Å². The van der Waals surface area contributed by atoms with Gasteiger partial charge in [0.05, 0.1) is 25.9 Å². The number of hydrogen-bond acceptors (Lipinski definition) is 5. The van der Waals surface area contributed by atoms with Gasteiger partial charge in [-0.3, -0.25) is 14.6 Å². The summed E-state index contributed by atoms with van der Waals surface area (Å²) < 4.78 is 10.5. The second-order valence-electron chi connectivity index (χ2n) is 4.81. The lowest BCUT2D eigenvalue weighted by Crippen LogP contribution is -2.38. The molecule has 2 N–H and O–H groups in total. The Morgan fingerprint density at radius 1 is 1.00 bits per heavy atom. The summed E-state index contributed by atoms with van der Waals surface area (Å²) in [6.07, 6.45) is 1.65. The van der Waals surface area contributed by atoms with Gasteiger partial charge in [0, 0.05) is 6.20 Å². The number of nitrogens with one attached hydrogen (secondary N) is 2. The molecule has 24 heavy (non-hydrogen) atoms. The molecule has 0 unspecified atom stereocenters. The van der Waals surface area contributed by atoms with Crippen LogP contribution >= 0.6 is 0 Å². The van der Waals surface area contributed by atoms with Crippen molar-refractivity contribution in [2.45, 2.75) is 6.54 Å². The van der Waals surface area contributed by atoms with Crippen molar-refractivity contribution < 1.29 is 19.1 Å². The third-order valence-corrected chi connectivity index (χ3v) is 3.07. The van der Waals surface area contributed by atoms with Gasteiger partial charge < -0.3 is 20.1 Å². The van der Waals surface area contributed by atoms with E-state index < -0.39 is 5.91 Å². The Balaban J connectivity index is 1.68. The van der Waals surface area contributed by atoms with E-state index in [0.29, 0.717) is 18.0 Å². The van der Waals surface area contributed by atoms with Crippen molar-refractivity contribution in [3.63, 3.8) is 0 Å². The molecule has 0 radical (unpaired) electrons. The first-order chi connectivity index (χ1) is 11.7. The van der Waals surface area contributed by atoms with Crippen LogP contribution in [0.1, 0.15) is 5.69 Å². The first kappa shape index (κ1) is 17.3. The number of amides is 2. The molecule has 1 aromatic carbocycles. The van der Waals surface area contributed by atoms with E-state index in [1.54, 1.807) is 42.6 Å². The predicted molar refractivity (Wildman–Crippen MR) is 87.6 cm³/mol. The molecular formula is C17H19N3O4. The summed E-state index contributed by atoms with van der Waals surface area (Å²) >= 11 is 0. The van der Waals surface area contributed by atoms with E-state index in [2.05, 4.69) is 15.6 Å². The molecule has 0 aliphatic heterocycles. The van der Waals surface area contributed by atoms with E-state index in [9.17, 15) is 9.59 Å². The van der Waals surface area contributed by atoms with Crippen LogP contribution < -0.4 is 20.1 Å². The van der Waals surface area contributed by atoms with Crippen LogP contribution in [0.15, 0.2) is 48.7 Å². The molecule has 0 saturated heterocycles. The molecule has 0 atom stereocenters. The number of nitrogens with zero attached hydrogens (tertiary/aromatic N) is 1. The Bertz CT molecular complexity index is 677. The highest BCUT2D eigenvalue weighted by molar-refractivity contribution is 5.85. The second kappa shape index (κ2) is 9.14. The highest BCUT2D eigenvalue weighted by Gasteiger charge is 2.08. The largest absolute Gasteiger partial charge is 0.493 e. The van der Waals surface area contributed by atoms with Crippen molar-refractivity contribution in [2.24, 2.45) is 0 Å². The lowest BCUT2D eigenvalue weighted by Gasteiger charge is -2.10. The highest BCUT2D eigenvalue weighted by atomic mass is 16.5. The topological polar surface area (TPSA) is 89.5 Å². The first-order valence-electron chi connectivity index (χ1n) is 7.38. The van der Waals surface area contributed by atoms with Gasteiger partial charge in [-0.1, -0.05) is 18.2 Å². The van der Waals surface area contributed by atoms with E-state index in [-0.39, 0.29) is 19.1 Å². The zero-order valence-corrected chi connectivity index (χ0v) is 13.3. The van der Waals surface area contributed by atoms with Crippen LogP contribution in [0.3, 0.4) is 0 Å². The van der Waals surface area contributed by atoms with E-state index in [1.807, 2.05) is 6.07 Å². The van der Waals surface area contributed by atoms with Crippen LogP contribution in [0.25, 0.3) is 0 Å². The standard InChI is InChI=1S/C17H19N3O4/c1-23-14-7-2-3-8-15(14)24-12-17(22)20-11-16(21)19-10-13-6-4-5-9-18-13/h2-9H,10-12H2,1H3,(H,19,21)(H,20,22). The molecule has 0 aliphatic rings. The lowest BCUT2D eigenvalue weighted by molar-refractivity contribution is -0.127. The van der Waals surface area contributed by atoms with Crippen molar-refractivity contribution >= 4 is 11.8 Å². The van der Waals surface area contributed by atoms with Gasteiger partial charge in [-0.25, -0.2) is 0 Å². The van der Waals surface area contributed by atoms with Crippen LogP contribution in [0.2, 0.25) is 0 Å². The molecule has 0 fully saturated rings. The molecular weight excluding hydrogens is 310 g/mol. The van der Waals surface area contributed by atoms with Crippen LogP contribution in [-0.2, 0) is 16.1 Å². The molecule has 126 valence electrons. The number of ether oxygens (including phenoxy) is 2. The third kappa shape index (κ3) is 5.60. The number of benzene rings is 1. The number of carbonyl (C=O) groups is 2. The Kier molecular flexibility index (Phi) is 6.58. The van der Waals surface area contributed by atoms with Gasteiger partial charge in [-0.15, -0.1) is 0 Å². The fraction of sp³-hybridized carbons (Fsp3) is 0.235. The maximum absolute atomic E-state index is 11.7. The van der Waals surface area contributed by atoms with Gasteiger partial charge in [0.2, 0.25) is 5.91 Å². The Morgan fingerprint density at radius 2 is 1.75 bits per heavy atom. The minimum Gasteiger partial charge on any atom is -0.493 e. The smallest absolute Gasteiger partial charge is 0.258 e. The summed E-state index contributed by atoms with van der Waals surface area (Å²) in [7, 11) is 1.52. The summed E-state index contributed by atoms with van der Waals surface area (Å²) in [5.41, 5.74) is 0.747. The zero-order valence-electron chi connectivity index (χ0n) is 13.3. The maximum atomic E-state index is 11.7. The minimum absolute atomic E-state index is 0.124. The molecule has 2 rings (SSSR count). The number of methoxy groups -OCH3 is 1. The summed E-state index contributed by atoms with van der Waals surface area (Å²) in [4.78, 5) is 27.5. The molecule has 7 nitrogen and oxygen atoms in total. The zero-order chi connectivity index (χ0) is 17.2. The summed E-state index contributed by atoms with van der Waals surface area (Å²) in [5.74, 6) is 0.313. The average molecular weight is 329 g/mol. The van der Waals surface area contributed by atoms with E-state index in [1.165, 1.54) is 7.11 Å². The average Bonchev–Trinajstić information content (AvgIpc) is 2.64. The molecule has 1 aromatic heterocycles. The quantitative estimate of drug-likeness (QED) is 0.751. The number of pyridine rings is 1. The molecule has 0 bridgehead atoms. The molecule has 0 saturated carbocycles. The number of aromatic nitrogens is 1. The van der Waals surface area contributed by atoms with Crippen molar-refractivity contribution in [1.82, 2.24) is 15.6 Å². The van der Waals surface area contributed by atoms with E-state index >= 15 is 0 Å². The molecule has 1 heterocycles. The van der Waals surface area contributed by atoms with Gasteiger partial charge in [0.1, 0.15) is 0 Å². The van der Waals surface area contributed by atoms with Gasteiger partial charge in [-0.05, 0) is 24.3 Å². The fourth-order valence-corrected chi connectivity index (χ4v) is 1.87. The number of carbonyl (C=O) groups excluding carboxylic acids is 2. The third-order valence-electron chi connectivity index (χ3n) is 3.07. The number of para-hydroxylation sites is 2. The van der Waals surface area contributed by atoms with Crippen LogP contribution in [0, 0.1) is 0 Å². The molecule has 2 aromatic rings. The van der Waals surface area contributed by atoms with E-state index in [0.717, 1.165) is 5.69 Å². The van der Waals surface area contributed by atoms with Crippen molar-refractivity contribution in [3.8, 4) is 11.5 Å². The number of rotatable bonds is 8. The van der Waals surface area contributed by atoms with Gasteiger partial charge in [-0.2, -0.15) is 0 Å². The molecule has 0 spiro atoms. The maximum Gasteiger partial charge on any atom is 0.258 e. The predicted octanol–water partition coefficient (Wildman–Crippen LogP) is 0.902. The van der Waals surface area contributed by atoms with Gasteiger partial charge >= 0.3 is 0 Å². The monoisotopic (exact) mass is 329 g/mol. The van der Waals surface area contributed by atoms with Crippen LogP contribution in [0.5, 0.6) is 11.5 Å². The van der Waals surface area contributed by atoms with Crippen LogP contribution in [0.4, 0.5) is 0 Å². The van der Waals surface area contributed by atoms with Crippen molar-refractivity contribution in [3.05, 3.63) is 54.4 Å². The first-order valence-corrected chi connectivity index (χ1v) is 7.38. The summed E-state index contributed by atoms with van der Waals surface area (Å²) in [6, 6.07) is 12.5. The van der Waals surface area contributed by atoms with Crippen molar-refractivity contribution in [1.29, 1.82) is 0 Å². The summed E-state index contributed by atoms with van der Waals surface area (Å²) in [5, 5.41) is 5.16. The van der Waals surface area contributed by atoms with Gasteiger partial charge in [0.15, 0.2) is 18.1 Å².